The van der Waals surface area contributed by atoms with Crippen LogP contribution in [0.3, 0.4) is 0 Å². The first kappa shape index (κ1) is 10.5. The molecule has 0 saturated heterocycles. The van der Waals surface area contributed by atoms with Gasteiger partial charge in [0.2, 0.25) is 0 Å². The van der Waals surface area contributed by atoms with Crippen molar-refractivity contribution >= 4 is 11.3 Å². The van der Waals surface area contributed by atoms with Crippen LogP contribution < -0.4 is 18.9 Å². The molecule has 0 radical (unpaired) electrons. The number of nitrogens with zero attached hydrogens (tertiary/aromatic N) is 1. The fourth-order valence-corrected chi connectivity index (χ4v) is 1.44. The largest absolute Gasteiger partial charge is 1.00 e. The first-order chi connectivity index (χ1) is 5.86. The number of hydrogen-bond acceptors (Lipinski definition) is 2. The Balaban J connectivity index is 0.000000845. The Hall–Kier alpha value is -0.623. The Morgan fingerprint density at radius 3 is 2.46 bits per heavy atom. The molecule has 0 atom stereocenters. The Bertz CT molecular complexity index is 358. The molecule has 0 fully saturated rings. The van der Waals surface area contributed by atoms with Gasteiger partial charge in [0.1, 0.15) is 5.82 Å². The van der Waals surface area contributed by atoms with Crippen molar-refractivity contribution < 1.29 is 23.3 Å². The predicted molar refractivity (Wildman–Crippen MR) is 46.3 cm³/mol. The SMILES string of the molecule is Fc1ccc(-c2cs[c-]n2)cc1.[Li+]. The summed E-state index contributed by atoms with van der Waals surface area (Å²) in [5, 5.41) is 1.88. The van der Waals surface area contributed by atoms with Gasteiger partial charge >= 0.3 is 18.9 Å². The van der Waals surface area contributed by atoms with Gasteiger partial charge in [0.05, 0.1) is 0 Å². The number of rotatable bonds is 1. The molecule has 0 aliphatic carbocycles. The third kappa shape index (κ3) is 2.41. The zero-order valence-corrected chi connectivity index (χ0v) is 7.94. The van der Waals surface area contributed by atoms with Crippen LogP contribution in [0.15, 0.2) is 29.6 Å². The summed E-state index contributed by atoms with van der Waals surface area (Å²) in [6.07, 6.45) is 0. The maximum atomic E-state index is 12.5. The van der Waals surface area contributed by atoms with Crippen LogP contribution in [0.2, 0.25) is 0 Å². The topological polar surface area (TPSA) is 12.9 Å². The summed E-state index contributed by atoms with van der Waals surface area (Å²) in [5.41, 5.74) is 4.51. The van der Waals surface area contributed by atoms with Gasteiger partial charge in [-0.3, -0.25) is 11.3 Å². The first-order valence-corrected chi connectivity index (χ1v) is 4.32. The summed E-state index contributed by atoms with van der Waals surface area (Å²) in [4.78, 5) is 3.99. The molecule has 0 unspecified atom stereocenters. The molecule has 1 nitrogen and oxygen atoms in total. The van der Waals surface area contributed by atoms with Crippen LogP contribution in [0, 0.1) is 11.3 Å². The van der Waals surface area contributed by atoms with E-state index in [4.69, 9.17) is 0 Å². The van der Waals surface area contributed by atoms with Crippen LogP contribution in [-0.2, 0) is 0 Å². The second-order valence-corrected chi connectivity index (χ2v) is 2.98. The standard InChI is InChI=1S/C9H5FNS.Li/c10-8-3-1-7(2-4-8)9-5-12-6-11-9;/h1-5H;/q-1;+1. The molecule has 1 aromatic carbocycles. The molecule has 2 aromatic rings. The second-order valence-electron chi connectivity index (χ2n) is 2.33. The summed E-state index contributed by atoms with van der Waals surface area (Å²) in [5.74, 6) is -0.224. The summed E-state index contributed by atoms with van der Waals surface area (Å²) in [6.45, 7) is 0. The smallest absolute Gasteiger partial charge is 0.386 e. The molecule has 1 heterocycles. The molecule has 0 amide bonds. The molecule has 4 heteroatoms. The van der Waals surface area contributed by atoms with E-state index in [1.165, 1.54) is 23.5 Å². The van der Waals surface area contributed by atoms with Crippen molar-refractivity contribution in [2.75, 3.05) is 0 Å². The number of halogens is 1. The minimum atomic E-state index is -0.224. The van der Waals surface area contributed by atoms with E-state index in [1.54, 1.807) is 12.1 Å². The summed E-state index contributed by atoms with van der Waals surface area (Å²) < 4.78 is 12.5. The minimum Gasteiger partial charge on any atom is -0.386 e. The third-order valence-electron chi connectivity index (χ3n) is 1.53. The fourth-order valence-electron chi connectivity index (χ4n) is 0.937. The van der Waals surface area contributed by atoms with E-state index in [-0.39, 0.29) is 24.7 Å². The molecule has 0 saturated carbocycles. The monoisotopic (exact) mass is 185 g/mol. The van der Waals surface area contributed by atoms with Crippen LogP contribution >= 0.6 is 11.3 Å². The van der Waals surface area contributed by atoms with E-state index in [0.29, 0.717) is 0 Å². The van der Waals surface area contributed by atoms with Gasteiger partial charge in [0, 0.05) is 0 Å². The first-order valence-electron chi connectivity index (χ1n) is 3.44. The van der Waals surface area contributed by atoms with E-state index >= 15 is 0 Å². The minimum absolute atomic E-state index is 0. The zero-order valence-electron chi connectivity index (χ0n) is 7.12. The summed E-state index contributed by atoms with van der Waals surface area (Å²) in [6, 6.07) is 6.26. The van der Waals surface area contributed by atoms with Crippen molar-refractivity contribution in [2.45, 2.75) is 0 Å². The zero-order chi connectivity index (χ0) is 8.39. The molecule has 0 N–H and O–H groups in total. The van der Waals surface area contributed by atoms with Gasteiger partial charge in [-0.2, -0.15) is 0 Å². The Morgan fingerprint density at radius 1 is 1.23 bits per heavy atom. The molecular weight excluding hydrogens is 180 g/mol. The van der Waals surface area contributed by atoms with Crippen molar-refractivity contribution in [3.63, 3.8) is 0 Å². The van der Waals surface area contributed by atoms with Gasteiger partial charge in [-0.1, -0.05) is 23.4 Å². The normalized spacial score (nSPS) is 9.31. The van der Waals surface area contributed by atoms with Gasteiger partial charge in [0.15, 0.2) is 0 Å². The Labute approximate surface area is 91.8 Å². The Morgan fingerprint density at radius 2 is 1.92 bits per heavy atom. The fraction of sp³-hybridized carbons (Fsp3) is 0. The molecule has 0 aliphatic heterocycles. The molecular formula is C9H5FLiNS. The number of thiazole rings is 1. The molecule has 1 aromatic heterocycles. The summed E-state index contributed by atoms with van der Waals surface area (Å²) >= 11 is 1.41. The van der Waals surface area contributed by atoms with Crippen molar-refractivity contribution in [1.82, 2.24) is 4.98 Å². The van der Waals surface area contributed by atoms with Gasteiger partial charge in [-0.25, -0.2) is 4.39 Å². The third-order valence-corrected chi connectivity index (χ3v) is 2.07. The Kier molecular flexibility index (Phi) is 3.67. The number of benzene rings is 1. The summed E-state index contributed by atoms with van der Waals surface area (Å²) in [7, 11) is 0. The van der Waals surface area contributed by atoms with E-state index in [2.05, 4.69) is 10.5 Å². The number of aromatic nitrogens is 1. The van der Waals surface area contributed by atoms with Crippen LogP contribution in [0.4, 0.5) is 4.39 Å². The van der Waals surface area contributed by atoms with E-state index < -0.39 is 0 Å². The van der Waals surface area contributed by atoms with Crippen molar-refractivity contribution in [3.05, 3.63) is 41.0 Å². The number of hydrogen-bond donors (Lipinski definition) is 0. The van der Waals surface area contributed by atoms with Gasteiger partial charge in [0.25, 0.3) is 0 Å². The van der Waals surface area contributed by atoms with Gasteiger partial charge in [-0.05, 0) is 17.6 Å². The van der Waals surface area contributed by atoms with Gasteiger partial charge in [-0.15, -0.1) is 5.38 Å². The van der Waals surface area contributed by atoms with Crippen molar-refractivity contribution in [3.8, 4) is 11.3 Å². The van der Waals surface area contributed by atoms with Crippen LogP contribution in [0.5, 0.6) is 0 Å². The maximum Gasteiger partial charge on any atom is 1.00 e. The molecule has 2 rings (SSSR count). The second kappa shape index (κ2) is 4.57. The van der Waals surface area contributed by atoms with E-state index in [1.807, 2.05) is 5.38 Å². The molecule has 13 heavy (non-hydrogen) atoms. The van der Waals surface area contributed by atoms with Crippen molar-refractivity contribution in [1.29, 1.82) is 0 Å². The van der Waals surface area contributed by atoms with E-state index in [0.717, 1.165) is 11.3 Å². The van der Waals surface area contributed by atoms with Gasteiger partial charge < -0.3 is 4.98 Å². The molecule has 0 bridgehead atoms. The molecule has 0 spiro atoms. The average molecular weight is 185 g/mol. The van der Waals surface area contributed by atoms with Crippen molar-refractivity contribution in [2.24, 2.45) is 0 Å². The average Bonchev–Trinajstić information content (AvgIpc) is 2.58. The molecule has 0 aliphatic rings. The van der Waals surface area contributed by atoms with E-state index in [9.17, 15) is 4.39 Å². The van der Waals surface area contributed by atoms with Crippen LogP contribution in [0.25, 0.3) is 11.3 Å². The maximum absolute atomic E-state index is 12.5. The molecule has 60 valence electrons. The quantitative estimate of drug-likeness (QED) is 0.441. The van der Waals surface area contributed by atoms with Crippen LogP contribution in [-0.4, -0.2) is 4.98 Å². The predicted octanol–water partition coefficient (Wildman–Crippen LogP) is -0.247. The van der Waals surface area contributed by atoms with Crippen LogP contribution in [0.1, 0.15) is 0 Å².